The molecule has 1 aliphatic heterocycles. The van der Waals surface area contributed by atoms with Crippen molar-refractivity contribution in [2.45, 2.75) is 6.04 Å². The Morgan fingerprint density at radius 1 is 1.40 bits per heavy atom. The first kappa shape index (κ1) is 9.50. The number of hydrogen-bond acceptors (Lipinski definition) is 3. The van der Waals surface area contributed by atoms with Crippen LogP contribution < -0.4 is 11.5 Å². The number of urea groups is 1. The molecule has 0 aliphatic carbocycles. The number of nitrogens with two attached hydrogens (primary N) is 2. The standard InChI is InChI=1S/C8H11N5O2/c9-7(14)5-1-11-13(2-5)6-3-12(4-6)8(10)15/h1-2,6H,3-4H2,(H2,9,14)(H2,10,15). The summed E-state index contributed by atoms with van der Waals surface area (Å²) in [6.45, 7) is 1.05. The number of likely N-dealkylation sites (tertiary alicyclic amines) is 1. The van der Waals surface area contributed by atoms with Gasteiger partial charge in [0, 0.05) is 19.3 Å². The van der Waals surface area contributed by atoms with E-state index in [0.29, 0.717) is 18.7 Å². The molecule has 4 N–H and O–H groups in total. The van der Waals surface area contributed by atoms with Crippen LogP contribution in [0.2, 0.25) is 0 Å². The fourth-order valence-electron chi connectivity index (χ4n) is 1.47. The lowest BCUT2D eigenvalue weighted by Crippen LogP contribution is -2.52. The van der Waals surface area contributed by atoms with E-state index in [-0.39, 0.29) is 6.04 Å². The van der Waals surface area contributed by atoms with Gasteiger partial charge in [0.15, 0.2) is 0 Å². The molecule has 2 heterocycles. The van der Waals surface area contributed by atoms with Crippen LogP contribution in [0.4, 0.5) is 4.79 Å². The maximum Gasteiger partial charge on any atom is 0.314 e. The van der Waals surface area contributed by atoms with Crippen molar-refractivity contribution in [3.63, 3.8) is 0 Å². The minimum absolute atomic E-state index is 0.0885. The first-order valence-corrected chi connectivity index (χ1v) is 4.46. The normalized spacial score (nSPS) is 16.1. The molecule has 0 aromatic carbocycles. The molecule has 0 unspecified atom stereocenters. The lowest BCUT2D eigenvalue weighted by atomic mass is 10.1. The third-order valence-corrected chi connectivity index (χ3v) is 2.43. The van der Waals surface area contributed by atoms with Crippen LogP contribution in [0, 0.1) is 0 Å². The number of rotatable bonds is 2. The van der Waals surface area contributed by atoms with E-state index >= 15 is 0 Å². The van der Waals surface area contributed by atoms with Crippen LogP contribution in [0.25, 0.3) is 0 Å². The Bertz CT molecular complexity index is 407. The van der Waals surface area contributed by atoms with Crippen molar-refractivity contribution in [3.05, 3.63) is 18.0 Å². The lowest BCUT2D eigenvalue weighted by molar-refractivity contribution is 0.0998. The third-order valence-electron chi connectivity index (χ3n) is 2.43. The highest BCUT2D eigenvalue weighted by atomic mass is 16.2. The lowest BCUT2D eigenvalue weighted by Gasteiger charge is -2.37. The highest BCUT2D eigenvalue weighted by Crippen LogP contribution is 2.19. The third kappa shape index (κ3) is 1.63. The van der Waals surface area contributed by atoms with Crippen LogP contribution in [0.15, 0.2) is 12.4 Å². The second-order valence-electron chi connectivity index (χ2n) is 3.47. The fourth-order valence-corrected chi connectivity index (χ4v) is 1.47. The fraction of sp³-hybridized carbons (Fsp3) is 0.375. The maximum atomic E-state index is 10.8. The molecular weight excluding hydrogens is 198 g/mol. The Balaban J connectivity index is 2.01. The van der Waals surface area contributed by atoms with Gasteiger partial charge in [-0.25, -0.2) is 4.79 Å². The zero-order valence-electron chi connectivity index (χ0n) is 7.96. The topological polar surface area (TPSA) is 107 Å². The summed E-state index contributed by atoms with van der Waals surface area (Å²) in [7, 11) is 0. The number of primary amides is 2. The number of carbonyl (C=O) groups is 2. The molecular formula is C8H11N5O2. The molecule has 7 heteroatoms. The van der Waals surface area contributed by atoms with Crippen LogP contribution in [0.3, 0.4) is 0 Å². The number of hydrogen-bond donors (Lipinski definition) is 2. The van der Waals surface area contributed by atoms with Gasteiger partial charge < -0.3 is 16.4 Å². The Morgan fingerprint density at radius 3 is 2.53 bits per heavy atom. The summed E-state index contributed by atoms with van der Waals surface area (Å²) in [6, 6.07) is -0.348. The molecule has 1 aliphatic rings. The largest absolute Gasteiger partial charge is 0.366 e. The summed E-state index contributed by atoms with van der Waals surface area (Å²) >= 11 is 0. The van der Waals surface area contributed by atoms with Gasteiger partial charge in [-0.1, -0.05) is 0 Å². The van der Waals surface area contributed by atoms with Crippen LogP contribution in [-0.4, -0.2) is 39.7 Å². The first-order chi connectivity index (χ1) is 7.08. The molecule has 0 spiro atoms. The van der Waals surface area contributed by atoms with Gasteiger partial charge in [-0.3, -0.25) is 9.48 Å². The van der Waals surface area contributed by atoms with Crippen LogP contribution in [0.5, 0.6) is 0 Å². The molecule has 0 saturated carbocycles. The van der Waals surface area contributed by atoms with E-state index in [2.05, 4.69) is 5.10 Å². The van der Waals surface area contributed by atoms with Crippen molar-refractivity contribution in [1.29, 1.82) is 0 Å². The predicted molar refractivity (Wildman–Crippen MR) is 50.9 cm³/mol. The van der Waals surface area contributed by atoms with Crippen molar-refractivity contribution >= 4 is 11.9 Å². The SMILES string of the molecule is NC(=O)c1cnn(C2CN(C(N)=O)C2)c1. The van der Waals surface area contributed by atoms with Crippen LogP contribution in [-0.2, 0) is 0 Å². The average Bonchev–Trinajstić information content (AvgIpc) is 2.49. The molecule has 3 amide bonds. The smallest absolute Gasteiger partial charge is 0.314 e. The highest BCUT2D eigenvalue weighted by molar-refractivity contribution is 5.92. The molecule has 1 saturated heterocycles. The van der Waals surface area contributed by atoms with Crippen LogP contribution in [0.1, 0.15) is 16.4 Å². The highest BCUT2D eigenvalue weighted by Gasteiger charge is 2.31. The molecule has 2 rings (SSSR count). The summed E-state index contributed by atoms with van der Waals surface area (Å²) in [5, 5.41) is 3.99. The molecule has 15 heavy (non-hydrogen) atoms. The summed E-state index contributed by atoms with van der Waals surface area (Å²) in [6.07, 6.45) is 2.99. The van der Waals surface area contributed by atoms with Crippen molar-refractivity contribution in [1.82, 2.24) is 14.7 Å². The number of amides is 3. The molecule has 80 valence electrons. The quantitative estimate of drug-likeness (QED) is 0.646. The minimum atomic E-state index is -0.507. The first-order valence-electron chi connectivity index (χ1n) is 4.46. The minimum Gasteiger partial charge on any atom is -0.366 e. The van der Waals surface area contributed by atoms with E-state index in [1.807, 2.05) is 0 Å². The van der Waals surface area contributed by atoms with Crippen molar-refractivity contribution < 1.29 is 9.59 Å². The van der Waals surface area contributed by atoms with E-state index in [4.69, 9.17) is 11.5 Å². The molecule has 7 nitrogen and oxygen atoms in total. The molecule has 1 aromatic rings. The zero-order chi connectivity index (χ0) is 11.0. The van der Waals surface area contributed by atoms with Gasteiger partial charge in [0.25, 0.3) is 5.91 Å². The molecule has 0 atom stereocenters. The van der Waals surface area contributed by atoms with E-state index in [1.165, 1.54) is 11.1 Å². The summed E-state index contributed by atoms with van der Waals surface area (Å²) in [5.74, 6) is -0.507. The number of carbonyl (C=O) groups excluding carboxylic acids is 2. The Kier molecular flexibility index (Phi) is 2.07. The van der Waals surface area contributed by atoms with Crippen molar-refractivity contribution in [2.24, 2.45) is 11.5 Å². The summed E-state index contributed by atoms with van der Waals surface area (Å²) < 4.78 is 1.62. The van der Waals surface area contributed by atoms with Gasteiger partial charge in [-0.2, -0.15) is 5.10 Å². The van der Waals surface area contributed by atoms with E-state index < -0.39 is 11.9 Å². The summed E-state index contributed by atoms with van der Waals surface area (Å²) in [5.41, 5.74) is 10.5. The molecule has 0 bridgehead atoms. The maximum absolute atomic E-state index is 10.8. The Morgan fingerprint density at radius 2 is 2.07 bits per heavy atom. The molecule has 1 aromatic heterocycles. The van der Waals surface area contributed by atoms with E-state index in [0.717, 1.165) is 0 Å². The Hall–Kier alpha value is -2.05. The van der Waals surface area contributed by atoms with Crippen molar-refractivity contribution in [3.8, 4) is 0 Å². The van der Waals surface area contributed by atoms with Crippen molar-refractivity contribution in [2.75, 3.05) is 13.1 Å². The second-order valence-corrected chi connectivity index (χ2v) is 3.47. The van der Waals surface area contributed by atoms with Gasteiger partial charge in [0.05, 0.1) is 17.8 Å². The number of aromatic nitrogens is 2. The van der Waals surface area contributed by atoms with Gasteiger partial charge in [0.2, 0.25) is 0 Å². The van der Waals surface area contributed by atoms with E-state index in [9.17, 15) is 9.59 Å². The number of nitrogens with zero attached hydrogens (tertiary/aromatic N) is 3. The molecule has 1 fully saturated rings. The summed E-state index contributed by atoms with van der Waals surface area (Å²) in [4.78, 5) is 23.0. The van der Waals surface area contributed by atoms with Gasteiger partial charge in [-0.05, 0) is 0 Å². The average molecular weight is 209 g/mol. The van der Waals surface area contributed by atoms with Gasteiger partial charge in [-0.15, -0.1) is 0 Å². The van der Waals surface area contributed by atoms with Crippen LogP contribution >= 0.6 is 0 Å². The van der Waals surface area contributed by atoms with Gasteiger partial charge >= 0.3 is 6.03 Å². The second kappa shape index (κ2) is 3.26. The van der Waals surface area contributed by atoms with Gasteiger partial charge in [0.1, 0.15) is 0 Å². The Labute approximate surface area is 85.6 Å². The monoisotopic (exact) mass is 209 g/mol. The van der Waals surface area contributed by atoms with E-state index in [1.54, 1.807) is 10.9 Å². The zero-order valence-corrected chi connectivity index (χ0v) is 7.96. The molecule has 0 radical (unpaired) electrons. The predicted octanol–water partition coefficient (Wildman–Crippen LogP) is -1.08.